The van der Waals surface area contributed by atoms with Gasteiger partial charge in [-0.1, -0.05) is 107 Å². The topological polar surface area (TPSA) is 70.8 Å². The Morgan fingerprint density at radius 2 is 1.44 bits per heavy atom. The summed E-state index contributed by atoms with van der Waals surface area (Å²) in [5.74, 6) is 0.392. The van der Waals surface area contributed by atoms with Gasteiger partial charge in [0.05, 0.1) is 13.1 Å². The standard InChI is InChI=1S/C15H21NO.C14H19NO2.C2H6/c1-2-13-8-10-16(11-9-13)12-15(17)14-6-4-3-5-7-14;16-14(17)13(11-7-3-1-4-8-11)15-12-9-5-2-6-10-12;1-2/h3-7,13H,2,8-12H2,1H3;1,3-4,7-8,12-13,15H,2,5-6,9-10H2,(H,16,17);1-2H3/p+1. The lowest BCUT2D eigenvalue weighted by atomic mass is 9.94. The number of benzene rings is 2. The van der Waals surface area contributed by atoms with Crippen molar-refractivity contribution in [2.24, 2.45) is 5.92 Å². The van der Waals surface area contributed by atoms with Gasteiger partial charge in [-0.05, 0) is 37.2 Å². The second-order valence-electron chi connectivity index (χ2n) is 9.75. The number of carboxylic acid groups (broad SMARTS) is 1. The van der Waals surface area contributed by atoms with E-state index in [0.29, 0.717) is 12.6 Å². The van der Waals surface area contributed by atoms with Crippen LogP contribution in [0.3, 0.4) is 0 Å². The third kappa shape index (κ3) is 10.2. The molecule has 198 valence electrons. The van der Waals surface area contributed by atoms with Crippen molar-refractivity contribution in [2.75, 3.05) is 19.6 Å². The number of carbonyl (C=O) groups excluding carboxylic acids is 1. The van der Waals surface area contributed by atoms with E-state index in [1.54, 1.807) is 0 Å². The van der Waals surface area contributed by atoms with Crippen LogP contribution in [-0.2, 0) is 4.79 Å². The molecule has 1 atom stereocenters. The van der Waals surface area contributed by atoms with Gasteiger partial charge < -0.3 is 10.0 Å². The van der Waals surface area contributed by atoms with Gasteiger partial charge in [0.15, 0.2) is 0 Å². The lowest BCUT2D eigenvalue weighted by Crippen LogP contribution is -3.13. The molecule has 1 aliphatic carbocycles. The maximum Gasteiger partial charge on any atom is 0.325 e. The van der Waals surface area contributed by atoms with Crippen LogP contribution in [0.25, 0.3) is 0 Å². The summed E-state index contributed by atoms with van der Waals surface area (Å²) < 4.78 is 0. The average Bonchev–Trinajstić information content (AvgIpc) is 2.95. The summed E-state index contributed by atoms with van der Waals surface area (Å²) in [6, 6.07) is 18.9. The van der Waals surface area contributed by atoms with E-state index in [4.69, 9.17) is 0 Å². The van der Waals surface area contributed by atoms with Crippen LogP contribution >= 0.6 is 0 Å². The second-order valence-corrected chi connectivity index (χ2v) is 9.75. The summed E-state index contributed by atoms with van der Waals surface area (Å²) in [7, 11) is 0. The van der Waals surface area contributed by atoms with E-state index >= 15 is 0 Å². The van der Waals surface area contributed by atoms with E-state index < -0.39 is 12.0 Å². The van der Waals surface area contributed by atoms with Crippen LogP contribution in [0.2, 0.25) is 0 Å². The predicted molar refractivity (Wildman–Crippen MR) is 148 cm³/mol. The molecule has 1 aliphatic heterocycles. The molecular weight excluding hydrogens is 448 g/mol. The summed E-state index contributed by atoms with van der Waals surface area (Å²) in [4.78, 5) is 24.8. The zero-order valence-corrected chi connectivity index (χ0v) is 22.5. The summed E-state index contributed by atoms with van der Waals surface area (Å²) >= 11 is 0. The molecule has 4 rings (SSSR count). The highest BCUT2D eigenvalue weighted by Gasteiger charge is 2.24. The van der Waals surface area contributed by atoms with Crippen LogP contribution in [0, 0.1) is 5.92 Å². The Morgan fingerprint density at radius 3 is 1.97 bits per heavy atom. The molecule has 0 spiro atoms. The van der Waals surface area contributed by atoms with Crippen molar-refractivity contribution in [1.29, 1.82) is 0 Å². The zero-order valence-electron chi connectivity index (χ0n) is 22.5. The fourth-order valence-corrected chi connectivity index (χ4v) is 5.08. The first-order valence-corrected chi connectivity index (χ1v) is 14.0. The van der Waals surface area contributed by atoms with Crippen molar-refractivity contribution < 1.29 is 19.6 Å². The Bertz CT molecular complexity index is 858. The molecule has 36 heavy (non-hydrogen) atoms. The number of Topliss-reactive ketones (excluding diaryl/α,β-unsaturated/α-hetero) is 1. The van der Waals surface area contributed by atoms with Gasteiger partial charge in [-0.3, -0.25) is 14.9 Å². The number of quaternary nitrogens is 1. The number of likely N-dealkylation sites (tertiary alicyclic amines) is 1. The van der Waals surface area contributed by atoms with Crippen molar-refractivity contribution in [3.8, 4) is 0 Å². The van der Waals surface area contributed by atoms with Gasteiger partial charge in [0.2, 0.25) is 5.78 Å². The monoisotopic (exact) mass is 495 g/mol. The highest BCUT2D eigenvalue weighted by Crippen LogP contribution is 2.21. The van der Waals surface area contributed by atoms with Crippen molar-refractivity contribution in [2.45, 2.75) is 84.2 Å². The lowest BCUT2D eigenvalue weighted by molar-refractivity contribution is -0.897. The highest BCUT2D eigenvalue weighted by atomic mass is 16.4. The number of hydrogen-bond acceptors (Lipinski definition) is 3. The van der Waals surface area contributed by atoms with E-state index in [1.807, 2.05) is 74.5 Å². The van der Waals surface area contributed by atoms with Crippen LogP contribution in [-0.4, -0.2) is 42.5 Å². The fraction of sp³-hybridized carbons (Fsp3) is 0.548. The maximum absolute atomic E-state index is 12.0. The molecule has 0 radical (unpaired) electrons. The Kier molecular flexibility index (Phi) is 14.1. The molecule has 0 bridgehead atoms. The van der Waals surface area contributed by atoms with Crippen LogP contribution in [0.1, 0.15) is 94.1 Å². The molecule has 3 N–H and O–H groups in total. The molecule has 1 heterocycles. The molecule has 5 nitrogen and oxygen atoms in total. The number of hydrogen-bond donors (Lipinski definition) is 3. The third-order valence-electron chi connectivity index (χ3n) is 7.28. The normalized spacial score (nSPS) is 20.6. The van der Waals surface area contributed by atoms with Gasteiger partial charge in [-0.15, -0.1) is 0 Å². The number of carbonyl (C=O) groups is 2. The summed E-state index contributed by atoms with van der Waals surface area (Å²) in [5.41, 5.74) is 1.70. The summed E-state index contributed by atoms with van der Waals surface area (Å²) in [6.45, 7) is 9.26. The van der Waals surface area contributed by atoms with Crippen molar-refractivity contribution >= 4 is 11.8 Å². The van der Waals surface area contributed by atoms with Crippen LogP contribution in [0.15, 0.2) is 60.7 Å². The highest BCUT2D eigenvalue weighted by molar-refractivity contribution is 5.96. The molecule has 2 fully saturated rings. The van der Waals surface area contributed by atoms with Gasteiger partial charge in [-0.2, -0.15) is 0 Å². The number of rotatable bonds is 8. The maximum atomic E-state index is 12.0. The van der Waals surface area contributed by atoms with Gasteiger partial charge >= 0.3 is 5.97 Å². The molecular formula is C31H47N2O3+. The van der Waals surface area contributed by atoms with Gasteiger partial charge in [-0.25, -0.2) is 0 Å². The number of ketones is 1. The Labute approximate surface area is 218 Å². The molecule has 2 aromatic carbocycles. The minimum atomic E-state index is -0.790. The number of nitrogens with one attached hydrogen (secondary N) is 2. The van der Waals surface area contributed by atoms with E-state index in [0.717, 1.165) is 43.0 Å². The quantitative estimate of drug-likeness (QED) is 0.433. The fourth-order valence-electron chi connectivity index (χ4n) is 5.08. The van der Waals surface area contributed by atoms with E-state index in [1.165, 1.54) is 43.4 Å². The molecule has 1 saturated carbocycles. The molecule has 5 heteroatoms. The van der Waals surface area contributed by atoms with Gasteiger partial charge in [0, 0.05) is 11.6 Å². The lowest BCUT2D eigenvalue weighted by Gasteiger charge is -2.28. The minimum absolute atomic E-state index is 0.288. The smallest absolute Gasteiger partial charge is 0.325 e. The van der Waals surface area contributed by atoms with Crippen LogP contribution < -0.4 is 10.2 Å². The Morgan fingerprint density at radius 1 is 0.889 bits per heavy atom. The van der Waals surface area contributed by atoms with Crippen molar-refractivity contribution in [3.63, 3.8) is 0 Å². The van der Waals surface area contributed by atoms with E-state index in [-0.39, 0.29) is 5.78 Å². The first-order valence-electron chi connectivity index (χ1n) is 14.0. The van der Waals surface area contributed by atoms with Crippen LogP contribution in [0.5, 0.6) is 0 Å². The number of aliphatic carboxylic acids is 1. The van der Waals surface area contributed by atoms with Crippen molar-refractivity contribution in [3.05, 3.63) is 71.8 Å². The SMILES string of the molecule is CC.CCC1CC[NH+](CC(=O)c2ccccc2)CC1.O=C(O)C(NC1CCCCC1)c1ccccc1. The van der Waals surface area contributed by atoms with E-state index in [9.17, 15) is 14.7 Å². The van der Waals surface area contributed by atoms with E-state index in [2.05, 4.69) is 12.2 Å². The first kappa shape index (κ1) is 29.7. The number of carboxylic acids is 1. The average molecular weight is 496 g/mol. The second kappa shape index (κ2) is 17.0. The minimum Gasteiger partial charge on any atom is -0.480 e. The first-order chi connectivity index (χ1) is 17.6. The number of piperidine rings is 1. The predicted octanol–water partition coefficient (Wildman–Crippen LogP) is 5.34. The van der Waals surface area contributed by atoms with Gasteiger partial charge in [0.25, 0.3) is 0 Å². The van der Waals surface area contributed by atoms with Crippen molar-refractivity contribution in [1.82, 2.24) is 5.32 Å². The molecule has 2 aromatic rings. The Hall–Kier alpha value is -2.50. The molecule has 1 unspecified atom stereocenters. The van der Waals surface area contributed by atoms with Crippen LogP contribution in [0.4, 0.5) is 0 Å². The molecule has 1 saturated heterocycles. The van der Waals surface area contributed by atoms with Gasteiger partial charge in [0.1, 0.15) is 12.6 Å². The summed E-state index contributed by atoms with van der Waals surface area (Å²) in [6.07, 6.45) is 9.74. The Balaban J connectivity index is 0.000000237. The molecule has 2 aliphatic rings. The molecule has 0 aromatic heterocycles. The summed E-state index contributed by atoms with van der Waals surface area (Å²) in [5, 5.41) is 12.6. The molecule has 0 amide bonds. The zero-order chi connectivity index (χ0) is 26.2. The third-order valence-corrected chi connectivity index (χ3v) is 7.28. The largest absolute Gasteiger partial charge is 0.480 e.